The summed E-state index contributed by atoms with van der Waals surface area (Å²) in [5.41, 5.74) is 3.70. The number of rotatable bonds is 8. The molecule has 1 fully saturated rings. The highest BCUT2D eigenvalue weighted by atomic mass is 19.1. The van der Waals surface area contributed by atoms with Crippen LogP contribution >= 0.6 is 0 Å². The van der Waals surface area contributed by atoms with Gasteiger partial charge in [0.05, 0.1) is 13.1 Å². The normalized spacial score (nSPS) is 14.5. The van der Waals surface area contributed by atoms with Crippen molar-refractivity contribution in [2.45, 2.75) is 6.42 Å². The van der Waals surface area contributed by atoms with Gasteiger partial charge in [-0.25, -0.2) is 4.39 Å². The number of hydrogen-bond donors (Lipinski definition) is 2. The van der Waals surface area contributed by atoms with Crippen molar-refractivity contribution in [3.8, 4) is 0 Å². The van der Waals surface area contributed by atoms with Gasteiger partial charge in [0.25, 0.3) is 0 Å². The summed E-state index contributed by atoms with van der Waals surface area (Å²) in [6.07, 6.45) is 0.760. The molecule has 0 unspecified atom stereocenters. The Balaban J connectivity index is 1.22. The highest BCUT2D eigenvalue weighted by Crippen LogP contribution is 2.19. The predicted molar refractivity (Wildman–Crippen MR) is 132 cm³/mol. The third kappa shape index (κ3) is 6.97. The summed E-state index contributed by atoms with van der Waals surface area (Å²) in [4.78, 5) is 29.1. The molecule has 2 amide bonds. The van der Waals surface area contributed by atoms with Gasteiger partial charge in [0.1, 0.15) is 5.82 Å². The number of para-hydroxylation sites is 1. The second-order valence-electron chi connectivity index (χ2n) is 8.48. The molecule has 0 spiro atoms. The summed E-state index contributed by atoms with van der Waals surface area (Å²) in [5, 5.41) is 5.85. The number of anilines is 2. The lowest BCUT2D eigenvalue weighted by molar-refractivity contribution is -0.120. The predicted octanol–water partition coefficient (Wildman–Crippen LogP) is 3.61. The summed E-state index contributed by atoms with van der Waals surface area (Å²) >= 11 is 0. The van der Waals surface area contributed by atoms with Gasteiger partial charge < -0.3 is 10.6 Å². The third-order valence-corrected chi connectivity index (χ3v) is 5.86. The molecule has 3 aromatic rings. The van der Waals surface area contributed by atoms with Gasteiger partial charge in [-0.15, -0.1) is 0 Å². The van der Waals surface area contributed by atoms with E-state index in [-0.39, 0.29) is 24.2 Å². The molecule has 4 rings (SSSR count). The van der Waals surface area contributed by atoms with Crippen LogP contribution in [0.25, 0.3) is 0 Å². The molecule has 1 saturated heterocycles. The Morgan fingerprint density at radius 2 is 1.26 bits per heavy atom. The van der Waals surface area contributed by atoms with Crippen LogP contribution in [0.2, 0.25) is 0 Å². The molecule has 3 aromatic carbocycles. The van der Waals surface area contributed by atoms with Crippen LogP contribution in [0.5, 0.6) is 0 Å². The fourth-order valence-corrected chi connectivity index (χ4v) is 4.05. The molecule has 1 heterocycles. The maximum Gasteiger partial charge on any atom is 0.238 e. The second kappa shape index (κ2) is 11.5. The number of nitrogens with one attached hydrogen (secondary N) is 2. The first-order chi connectivity index (χ1) is 16.5. The van der Waals surface area contributed by atoms with Crippen LogP contribution in [-0.2, 0) is 16.0 Å². The molecule has 0 bridgehead atoms. The molecule has 1 aliphatic rings. The Labute approximate surface area is 199 Å². The molecule has 0 saturated carbocycles. The van der Waals surface area contributed by atoms with Crippen molar-refractivity contribution < 1.29 is 14.0 Å². The van der Waals surface area contributed by atoms with E-state index in [1.54, 1.807) is 12.1 Å². The molecule has 34 heavy (non-hydrogen) atoms. The average Bonchev–Trinajstić information content (AvgIpc) is 2.84. The summed E-state index contributed by atoms with van der Waals surface area (Å²) in [7, 11) is 0. The zero-order valence-corrected chi connectivity index (χ0v) is 19.0. The van der Waals surface area contributed by atoms with E-state index >= 15 is 0 Å². The highest BCUT2D eigenvalue weighted by molar-refractivity contribution is 5.93. The maximum absolute atomic E-state index is 13.0. The number of piperazine rings is 1. The molecule has 0 aromatic heterocycles. The first-order valence-electron chi connectivity index (χ1n) is 11.5. The van der Waals surface area contributed by atoms with E-state index < -0.39 is 0 Å². The van der Waals surface area contributed by atoms with Crippen molar-refractivity contribution in [1.82, 2.24) is 9.80 Å². The summed E-state index contributed by atoms with van der Waals surface area (Å²) in [6, 6.07) is 23.8. The summed E-state index contributed by atoms with van der Waals surface area (Å²) in [6.45, 7) is 3.41. The minimum atomic E-state index is -0.335. The molecular formula is C27H29FN4O2. The van der Waals surface area contributed by atoms with Gasteiger partial charge in [-0.05, 0) is 47.9 Å². The number of carbonyl (C=O) groups is 2. The smallest absolute Gasteiger partial charge is 0.238 e. The Kier molecular flexibility index (Phi) is 8.01. The minimum Gasteiger partial charge on any atom is -0.325 e. The SMILES string of the molecule is O=C(CN1CCN(CC(=O)Nc2ccccc2Cc2ccccc2)CC1)Nc1ccc(F)cc1. The van der Waals surface area contributed by atoms with Gasteiger partial charge in [0.2, 0.25) is 11.8 Å². The largest absolute Gasteiger partial charge is 0.325 e. The van der Waals surface area contributed by atoms with Crippen molar-refractivity contribution in [1.29, 1.82) is 0 Å². The van der Waals surface area contributed by atoms with Gasteiger partial charge in [-0.1, -0.05) is 48.5 Å². The minimum absolute atomic E-state index is 0.0389. The Morgan fingerprint density at radius 1 is 0.706 bits per heavy atom. The van der Waals surface area contributed by atoms with E-state index in [0.29, 0.717) is 38.4 Å². The Bertz CT molecular complexity index is 1100. The van der Waals surface area contributed by atoms with Gasteiger partial charge in [-0.2, -0.15) is 0 Å². The third-order valence-electron chi connectivity index (χ3n) is 5.86. The van der Waals surface area contributed by atoms with Gasteiger partial charge in [0.15, 0.2) is 0 Å². The molecule has 176 valence electrons. The first kappa shape index (κ1) is 23.6. The summed E-state index contributed by atoms with van der Waals surface area (Å²) in [5.74, 6) is -0.506. The second-order valence-corrected chi connectivity index (χ2v) is 8.48. The summed E-state index contributed by atoms with van der Waals surface area (Å²) < 4.78 is 13.0. The maximum atomic E-state index is 13.0. The lowest BCUT2D eigenvalue weighted by Gasteiger charge is -2.33. The van der Waals surface area contributed by atoms with Crippen molar-refractivity contribution in [2.75, 3.05) is 49.9 Å². The highest BCUT2D eigenvalue weighted by Gasteiger charge is 2.21. The van der Waals surface area contributed by atoms with E-state index in [1.807, 2.05) is 42.5 Å². The van der Waals surface area contributed by atoms with E-state index in [4.69, 9.17) is 0 Å². The quantitative estimate of drug-likeness (QED) is 0.539. The standard InChI is InChI=1S/C27H29FN4O2/c28-23-10-12-24(13-11-23)29-26(33)19-31-14-16-32(17-15-31)20-27(34)30-25-9-5-4-8-22(25)18-21-6-2-1-3-7-21/h1-13H,14-20H2,(H,29,33)(H,30,34). The van der Waals surface area contributed by atoms with Gasteiger partial charge in [-0.3, -0.25) is 19.4 Å². The zero-order valence-electron chi connectivity index (χ0n) is 19.0. The molecule has 1 aliphatic heterocycles. The number of amides is 2. The lowest BCUT2D eigenvalue weighted by atomic mass is 10.0. The van der Waals surface area contributed by atoms with Crippen LogP contribution in [0.1, 0.15) is 11.1 Å². The van der Waals surface area contributed by atoms with Crippen molar-refractivity contribution in [3.05, 3.63) is 95.8 Å². The number of hydrogen-bond acceptors (Lipinski definition) is 4. The molecule has 2 N–H and O–H groups in total. The number of nitrogens with zero attached hydrogens (tertiary/aromatic N) is 2. The molecular weight excluding hydrogens is 431 g/mol. The average molecular weight is 461 g/mol. The van der Waals surface area contributed by atoms with Crippen molar-refractivity contribution in [3.63, 3.8) is 0 Å². The van der Waals surface area contributed by atoms with E-state index in [9.17, 15) is 14.0 Å². The van der Waals surface area contributed by atoms with Crippen LogP contribution in [0, 0.1) is 5.82 Å². The number of halogens is 1. The topological polar surface area (TPSA) is 64.7 Å². The Hall–Kier alpha value is -3.55. The van der Waals surface area contributed by atoms with Crippen molar-refractivity contribution >= 4 is 23.2 Å². The number of benzene rings is 3. The molecule has 0 aliphatic carbocycles. The fourth-order valence-electron chi connectivity index (χ4n) is 4.05. The van der Waals surface area contributed by atoms with Crippen LogP contribution < -0.4 is 10.6 Å². The van der Waals surface area contributed by atoms with Crippen LogP contribution in [-0.4, -0.2) is 60.9 Å². The number of carbonyl (C=O) groups excluding carboxylic acids is 2. The Morgan fingerprint density at radius 3 is 1.91 bits per heavy atom. The molecule has 7 heteroatoms. The van der Waals surface area contributed by atoms with Gasteiger partial charge in [0, 0.05) is 37.6 Å². The van der Waals surface area contributed by atoms with E-state index in [2.05, 4.69) is 32.6 Å². The van der Waals surface area contributed by atoms with Crippen molar-refractivity contribution in [2.24, 2.45) is 0 Å². The first-order valence-corrected chi connectivity index (χ1v) is 11.5. The van der Waals surface area contributed by atoms with E-state index in [1.165, 1.54) is 17.7 Å². The molecule has 0 radical (unpaired) electrons. The molecule has 6 nitrogen and oxygen atoms in total. The lowest BCUT2D eigenvalue weighted by Crippen LogP contribution is -2.50. The fraction of sp³-hybridized carbons (Fsp3) is 0.259. The van der Waals surface area contributed by atoms with Crippen LogP contribution in [0.15, 0.2) is 78.9 Å². The van der Waals surface area contributed by atoms with Crippen LogP contribution in [0.4, 0.5) is 15.8 Å². The van der Waals surface area contributed by atoms with E-state index in [0.717, 1.165) is 17.7 Å². The monoisotopic (exact) mass is 460 g/mol. The molecule has 0 atom stereocenters. The van der Waals surface area contributed by atoms with Crippen LogP contribution in [0.3, 0.4) is 0 Å². The van der Waals surface area contributed by atoms with Gasteiger partial charge >= 0.3 is 0 Å². The zero-order chi connectivity index (χ0) is 23.8.